The molecule has 0 spiro atoms. The van der Waals surface area contributed by atoms with E-state index in [1.807, 2.05) is 11.0 Å². The van der Waals surface area contributed by atoms with Crippen LogP contribution >= 0.6 is 43.2 Å². The smallest absolute Gasteiger partial charge is 0.264 e. The lowest BCUT2D eigenvalue weighted by Crippen LogP contribution is -2.31. The van der Waals surface area contributed by atoms with Crippen LogP contribution in [0.4, 0.5) is 0 Å². The van der Waals surface area contributed by atoms with E-state index in [2.05, 4.69) is 38.8 Å². The molecule has 1 aliphatic heterocycles. The van der Waals surface area contributed by atoms with Crippen molar-refractivity contribution in [2.75, 3.05) is 13.1 Å². The summed E-state index contributed by atoms with van der Waals surface area (Å²) >= 11 is 8.39. The molecule has 1 aromatic heterocycles. The molecule has 0 bridgehead atoms. The fourth-order valence-corrected chi connectivity index (χ4v) is 4.39. The van der Waals surface area contributed by atoms with E-state index in [0.29, 0.717) is 0 Å². The third-order valence-corrected chi connectivity index (χ3v) is 6.81. The molecule has 1 atom stereocenters. The molecule has 1 saturated heterocycles. The molecular weight excluding hydrogens is 378 g/mol. The Morgan fingerprint density at radius 2 is 2.22 bits per heavy atom. The average molecular weight is 395 g/mol. The minimum atomic E-state index is 0.183. The minimum absolute atomic E-state index is 0.183. The Morgan fingerprint density at radius 1 is 1.44 bits per heavy atom. The monoisotopic (exact) mass is 393 g/mol. The van der Waals surface area contributed by atoms with Crippen LogP contribution in [0, 0.1) is 5.92 Å². The maximum atomic E-state index is 12.4. The topological polar surface area (TPSA) is 20.3 Å². The number of nitrogens with zero attached hydrogens (tertiary/aromatic N) is 1. The van der Waals surface area contributed by atoms with Gasteiger partial charge in [0, 0.05) is 17.6 Å². The first-order valence-corrected chi connectivity index (χ1v) is 8.76. The van der Waals surface area contributed by atoms with E-state index in [9.17, 15) is 4.79 Å². The summed E-state index contributed by atoms with van der Waals surface area (Å²) in [7, 11) is 0. The lowest BCUT2D eigenvalue weighted by molar-refractivity contribution is 0.0764. The molecule has 0 aliphatic carbocycles. The molecular formula is C13H17Br2NOS. The summed E-state index contributed by atoms with van der Waals surface area (Å²) in [5.74, 6) is 0.979. The molecule has 0 saturated carbocycles. The second kappa shape index (κ2) is 6.53. The van der Waals surface area contributed by atoms with Gasteiger partial charge in [-0.15, -0.1) is 11.3 Å². The predicted octanol–water partition coefficient (Wildman–Crippen LogP) is 4.93. The Balaban J connectivity index is 2.05. The Morgan fingerprint density at radius 3 is 2.83 bits per heavy atom. The Labute approximate surface area is 129 Å². The van der Waals surface area contributed by atoms with Crippen LogP contribution in [0.3, 0.4) is 0 Å². The van der Waals surface area contributed by atoms with Crippen molar-refractivity contribution in [3.05, 3.63) is 19.2 Å². The number of rotatable bonds is 2. The molecule has 0 radical (unpaired) electrons. The molecule has 0 aromatic carbocycles. The normalized spacial score (nSPS) is 20.8. The minimum Gasteiger partial charge on any atom is -0.338 e. The number of carbonyl (C=O) groups excluding carboxylic acids is 1. The van der Waals surface area contributed by atoms with Crippen LogP contribution in [-0.2, 0) is 0 Å². The second-order valence-electron chi connectivity index (χ2n) is 4.73. The molecule has 2 nitrogen and oxygen atoms in total. The molecule has 1 aromatic rings. The van der Waals surface area contributed by atoms with Crippen LogP contribution in [0.15, 0.2) is 14.3 Å². The van der Waals surface area contributed by atoms with E-state index >= 15 is 0 Å². The van der Waals surface area contributed by atoms with Crippen molar-refractivity contribution in [1.82, 2.24) is 4.90 Å². The molecule has 1 aliphatic rings. The summed E-state index contributed by atoms with van der Waals surface area (Å²) < 4.78 is 1.96. The zero-order valence-corrected chi connectivity index (χ0v) is 14.4. The van der Waals surface area contributed by atoms with Crippen LogP contribution < -0.4 is 0 Å². The number of thiophene rings is 1. The first kappa shape index (κ1) is 14.5. The van der Waals surface area contributed by atoms with Crippen molar-refractivity contribution in [1.29, 1.82) is 0 Å². The third-order valence-electron chi connectivity index (χ3n) is 3.57. The van der Waals surface area contributed by atoms with E-state index in [1.54, 1.807) is 0 Å². The van der Waals surface area contributed by atoms with Crippen LogP contribution in [0.2, 0.25) is 0 Å². The van der Waals surface area contributed by atoms with E-state index in [1.165, 1.54) is 24.2 Å². The number of amides is 1. The maximum Gasteiger partial charge on any atom is 0.264 e. The first-order valence-electron chi connectivity index (χ1n) is 6.36. The number of carbonyl (C=O) groups is 1. The lowest BCUT2D eigenvalue weighted by Gasteiger charge is -2.19. The standard InChI is InChI=1S/C13H17Br2NOS/c1-2-9-4-3-6-16(7-5-9)13(17)11-8-10(14)12(15)18-11/h8-9H,2-7H2,1H3. The summed E-state index contributed by atoms with van der Waals surface area (Å²) in [6.45, 7) is 4.06. The van der Waals surface area contributed by atoms with Gasteiger partial charge in [-0.1, -0.05) is 13.3 Å². The number of likely N-dealkylation sites (tertiary alicyclic amines) is 1. The van der Waals surface area contributed by atoms with Gasteiger partial charge in [0.2, 0.25) is 0 Å². The van der Waals surface area contributed by atoms with E-state index < -0.39 is 0 Å². The molecule has 1 amide bonds. The highest BCUT2D eigenvalue weighted by Gasteiger charge is 2.22. The molecule has 100 valence electrons. The molecule has 5 heteroatoms. The van der Waals surface area contributed by atoms with Crippen molar-refractivity contribution in [2.45, 2.75) is 32.6 Å². The summed E-state index contributed by atoms with van der Waals surface area (Å²) in [6.07, 6.45) is 4.78. The van der Waals surface area contributed by atoms with Crippen molar-refractivity contribution in [3.8, 4) is 0 Å². The zero-order chi connectivity index (χ0) is 13.1. The largest absolute Gasteiger partial charge is 0.338 e. The van der Waals surface area contributed by atoms with Gasteiger partial charge < -0.3 is 4.90 Å². The highest BCUT2D eigenvalue weighted by Crippen LogP contribution is 2.33. The van der Waals surface area contributed by atoms with Gasteiger partial charge in [-0.05, 0) is 63.1 Å². The van der Waals surface area contributed by atoms with Gasteiger partial charge in [-0.25, -0.2) is 0 Å². The highest BCUT2D eigenvalue weighted by molar-refractivity contribution is 9.13. The van der Waals surface area contributed by atoms with Gasteiger partial charge >= 0.3 is 0 Å². The predicted molar refractivity (Wildman–Crippen MR) is 83.3 cm³/mol. The number of halogens is 2. The van der Waals surface area contributed by atoms with Gasteiger partial charge in [0.1, 0.15) is 0 Å². The fourth-order valence-electron chi connectivity index (χ4n) is 2.38. The van der Waals surface area contributed by atoms with Gasteiger partial charge in [-0.3, -0.25) is 4.79 Å². The van der Waals surface area contributed by atoms with E-state index in [0.717, 1.165) is 45.0 Å². The van der Waals surface area contributed by atoms with Crippen LogP contribution in [0.5, 0.6) is 0 Å². The summed E-state index contributed by atoms with van der Waals surface area (Å²) in [6, 6.07) is 1.92. The SMILES string of the molecule is CCC1CCCN(C(=O)c2cc(Br)c(Br)s2)CC1. The summed E-state index contributed by atoms with van der Waals surface area (Å²) in [5.41, 5.74) is 0. The number of hydrogen-bond donors (Lipinski definition) is 0. The molecule has 1 fully saturated rings. The Kier molecular flexibility index (Phi) is 5.27. The number of hydrogen-bond acceptors (Lipinski definition) is 2. The highest BCUT2D eigenvalue weighted by atomic mass is 79.9. The van der Waals surface area contributed by atoms with Gasteiger partial charge in [0.25, 0.3) is 5.91 Å². The molecule has 18 heavy (non-hydrogen) atoms. The van der Waals surface area contributed by atoms with E-state index in [-0.39, 0.29) is 5.91 Å². The van der Waals surface area contributed by atoms with Gasteiger partial charge in [-0.2, -0.15) is 0 Å². The van der Waals surface area contributed by atoms with Crippen LogP contribution in [0.25, 0.3) is 0 Å². The summed E-state index contributed by atoms with van der Waals surface area (Å²) in [5, 5.41) is 0. The molecule has 0 N–H and O–H groups in total. The quantitative estimate of drug-likeness (QED) is 0.696. The molecule has 1 unspecified atom stereocenters. The second-order valence-corrected chi connectivity index (χ2v) is 7.95. The van der Waals surface area contributed by atoms with Crippen LogP contribution in [-0.4, -0.2) is 23.9 Å². The first-order chi connectivity index (χ1) is 8.61. The Hall–Kier alpha value is 0.130. The molecule has 2 rings (SSSR count). The average Bonchev–Trinajstić information content (AvgIpc) is 2.58. The Bertz CT molecular complexity index is 413. The zero-order valence-electron chi connectivity index (χ0n) is 10.4. The van der Waals surface area contributed by atoms with Crippen LogP contribution in [0.1, 0.15) is 42.3 Å². The van der Waals surface area contributed by atoms with Gasteiger partial charge in [0.15, 0.2) is 0 Å². The molecule has 2 heterocycles. The van der Waals surface area contributed by atoms with Crippen molar-refractivity contribution in [3.63, 3.8) is 0 Å². The fraction of sp³-hybridized carbons (Fsp3) is 0.615. The van der Waals surface area contributed by atoms with E-state index in [4.69, 9.17) is 0 Å². The third kappa shape index (κ3) is 3.36. The maximum absolute atomic E-state index is 12.4. The van der Waals surface area contributed by atoms with Crippen molar-refractivity contribution in [2.24, 2.45) is 5.92 Å². The van der Waals surface area contributed by atoms with Gasteiger partial charge in [0.05, 0.1) is 8.66 Å². The summed E-state index contributed by atoms with van der Waals surface area (Å²) in [4.78, 5) is 15.2. The lowest BCUT2D eigenvalue weighted by atomic mass is 9.98. The van der Waals surface area contributed by atoms with Crippen molar-refractivity contribution < 1.29 is 4.79 Å². The van der Waals surface area contributed by atoms with Crippen molar-refractivity contribution >= 4 is 49.1 Å².